The molecule has 2 aromatic rings. The van der Waals surface area contributed by atoms with Crippen LogP contribution in [0.5, 0.6) is 0 Å². The summed E-state index contributed by atoms with van der Waals surface area (Å²) in [6.45, 7) is 6.29. The van der Waals surface area contributed by atoms with E-state index in [1.165, 1.54) is 4.88 Å². The van der Waals surface area contributed by atoms with Crippen LogP contribution in [0.3, 0.4) is 0 Å². The predicted molar refractivity (Wildman–Crippen MR) is 95.3 cm³/mol. The van der Waals surface area contributed by atoms with E-state index in [9.17, 15) is 9.90 Å². The summed E-state index contributed by atoms with van der Waals surface area (Å²) in [6.07, 6.45) is 0.744. The van der Waals surface area contributed by atoms with Crippen molar-refractivity contribution in [3.63, 3.8) is 0 Å². The van der Waals surface area contributed by atoms with Crippen molar-refractivity contribution >= 4 is 17.2 Å². The standard InChI is InChI=1S/C19H25NO2S/c1-15(12-17-10-7-11-23-17)18(21)20(14-19(2,3)22)13-16-8-5-4-6-9-16/h4-11,15,22H,12-14H2,1-3H3. The summed E-state index contributed by atoms with van der Waals surface area (Å²) < 4.78 is 0. The monoisotopic (exact) mass is 331 g/mol. The van der Waals surface area contributed by atoms with Crippen LogP contribution in [0.1, 0.15) is 31.2 Å². The van der Waals surface area contributed by atoms with Crippen molar-refractivity contribution in [3.8, 4) is 0 Å². The molecule has 0 saturated carbocycles. The lowest BCUT2D eigenvalue weighted by molar-refractivity contribution is -0.138. The Hall–Kier alpha value is -1.65. The van der Waals surface area contributed by atoms with Gasteiger partial charge in [-0.1, -0.05) is 43.3 Å². The van der Waals surface area contributed by atoms with Crippen LogP contribution in [0.4, 0.5) is 0 Å². The van der Waals surface area contributed by atoms with E-state index in [0.29, 0.717) is 13.1 Å². The lowest BCUT2D eigenvalue weighted by atomic mass is 10.0. The minimum Gasteiger partial charge on any atom is -0.389 e. The first-order valence-electron chi connectivity index (χ1n) is 7.92. The Bertz CT molecular complexity index is 602. The molecule has 23 heavy (non-hydrogen) atoms. The maximum atomic E-state index is 12.9. The van der Waals surface area contributed by atoms with Crippen LogP contribution < -0.4 is 0 Å². The van der Waals surface area contributed by atoms with Gasteiger partial charge in [0.25, 0.3) is 0 Å². The van der Waals surface area contributed by atoms with Gasteiger partial charge in [-0.3, -0.25) is 4.79 Å². The molecule has 124 valence electrons. The molecular weight excluding hydrogens is 306 g/mol. The summed E-state index contributed by atoms with van der Waals surface area (Å²) in [6, 6.07) is 14.0. The SMILES string of the molecule is CC(Cc1cccs1)C(=O)N(Cc1ccccc1)CC(C)(C)O. The largest absolute Gasteiger partial charge is 0.389 e. The van der Waals surface area contributed by atoms with Crippen LogP contribution in [-0.2, 0) is 17.8 Å². The molecule has 4 heteroatoms. The molecule has 0 saturated heterocycles. The van der Waals surface area contributed by atoms with E-state index in [0.717, 1.165) is 12.0 Å². The van der Waals surface area contributed by atoms with Gasteiger partial charge in [0.05, 0.1) is 5.60 Å². The highest BCUT2D eigenvalue weighted by Gasteiger charge is 2.26. The van der Waals surface area contributed by atoms with Crippen LogP contribution in [-0.4, -0.2) is 28.1 Å². The molecule has 0 spiro atoms. The first-order chi connectivity index (χ1) is 10.8. The Balaban J connectivity index is 2.10. The predicted octanol–water partition coefficient (Wildman–Crippen LogP) is 3.73. The number of carbonyl (C=O) groups is 1. The van der Waals surface area contributed by atoms with Crippen LogP contribution in [0.15, 0.2) is 47.8 Å². The maximum absolute atomic E-state index is 12.9. The molecule has 1 unspecified atom stereocenters. The zero-order valence-corrected chi connectivity index (χ0v) is 14.8. The fourth-order valence-corrected chi connectivity index (χ4v) is 3.45. The third-order valence-corrected chi connectivity index (χ3v) is 4.51. The smallest absolute Gasteiger partial charge is 0.226 e. The molecule has 1 aromatic carbocycles. The van der Waals surface area contributed by atoms with Crippen LogP contribution in [0.2, 0.25) is 0 Å². The number of carbonyl (C=O) groups excluding carboxylic acids is 1. The van der Waals surface area contributed by atoms with Gasteiger partial charge in [-0.05, 0) is 37.3 Å². The number of thiophene rings is 1. The Morgan fingerprint density at radius 3 is 2.48 bits per heavy atom. The van der Waals surface area contributed by atoms with Gasteiger partial charge in [-0.2, -0.15) is 0 Å². The van der Waals surface area contributed by atoms with Crippen LogP contribution >= 0.6 is 11.3 Å². The molecule has 2 rings (SSSR count). The second-order valence-corrected chi connectivity index (χ2v) is 7.71. The molecule has 0 aliphatic rings. The van der Waals surface area contributed by atoms with Gasteiger partial charge in [-0.15, -0.1) is 11.3 Å². The van der Waals surface area contributed by atoms with Crippen molar-refractivity contribution in [2.75, 3.05) is 6.54 Å². The summed E-state index contributed by atoms with van der Waals surface area (Å²) in [5, 5.41) is 12.2. The van der Waals surface area contributed by atoms with Gasteiger partial charge in [0.1, 0.15) is 0 Å². The molecule has 0 bridgehead atoms. The zero-order chi connectivity index (χ0) is 16.9. The number of hydrogen-bond donors (Lipinski definition) is 1. The number of rotatable bonds is 7. The van der Waals surface area contributed by atoms with E-state index >= 15 is 0 Å². The van der Waals surface area contributed by atoms with E-state index < -0.39 is 5.60 Å². The Morgan fingerprint density at radius 1 is 1.22 bits per heavy atom. The number of aliphatic hydroxyl groups is 1. The molecule has 1 atom stereocenters. The molecule has 1 aromatic heterocycles. The Labute approximate surface area is 142 Å². The van der Waals surface area contributed by atoms with Crippen molar-refractivity contribution in [1.29, 1.82) is 0 Å². The van der Waals surface area contributed by atoms with Crippen molar-refractivity contribution in [1.82, 2.24) is 4.90 Å². The van der Waals surface area contributed by atoms with Crippen molar-refractivity contribution in [2.45, 2.75) is 39.3 Å². The molecule has 0 fully saturated rings. The molecular formula is C19H25NO2S. The van der Waals surface area contributed by atoms with E-state index in [4.69, 9.17) is 0 Å². The summed E-state index contributed by atoms with van der Waals surface area (Å²) in [7, 11) is 0. The fourth-order valence-electron chi connectivity index (χ4n) is 2.61. The zero-order valence-electron chi connectivity index (χ0n) is 14.0. The minimum absolute atomic E-state index is 0.0874. The number of hydrogen-bond acceptors (Lipinski definition) is 3. The molecule has 0 aliphatic carbocycles. The van der Waals surface area contributed by atoms with Crippen molar-refractivity contribution in [3.05, 3.63) is 58.3 Å². The summed E-state index contributed by atoms with van der Waals surface area (Å²) in [5.74, 6) is -0.0101. The van der Waals surface area contributed by atoms with Gasteiger partial charge in [0.2, 0.25) is 5.91 Å². The first kappa shape index (κ1) is 17.7. The normalized spacial score (nSPS) is 12.9. The molecule has 1 heterocycles. The van der Waals surface area contributed by atoms with Crippen LogP contribution in [0, 0.1) is 5.92 Å². The molecule has 3 nitrogen and oxygen atoms in total. The summed E-state index contributed by atoms with van der Waals surface area (Å²) >= 11 is 1.68. The van der Waals surface area contributed by atoms with E-state index in [1.54, 1.807) is 30.1 Å². The number of benzene rings is 1. The van der Waals surface area contributed by atoms with Crippen LogP contribution in [0.25, 0.3) is 0 Å². The second kappa shape index (κ2) is 7.75. The van der Waals surface area contributed by atoms with E-state index in [2.05, 4.69) is 6.07 Å². The topological polar surface area (TPSA) is 40.5 Å². The molecule has 1 N–H and O–H groups in total. The van der Waals surface area contributed by atoms with Gasteiger partial charge in [-0.25, -0.2) is 0 Å². The maximum Gasteiger partial charge on any atom is 0.226 e. The minimum atomic E-state index is -0.910. The van der Waals surface area contributed by atoms with E-state index in [1.807, 2.05) is 48.7 Å². The first-order valence-corrected chi connectivity index (χ1v) is 8.80. The molecule has 0 radical (unpaired) electrons. The number of nitrogens with zero attached hydrogens (tertiary/aromatic N) is 1. The quantitative estimate of drug-likeness (QED) is 0.840. The summed E-state index contributed by atoms with van der Waals surface area (Å²) in [5.41, 5.74) is 0.168. The highest BCUT2D eigenvalue weighted by Crippen LogP contribution is 2.19. The third-order valence-electron chi connectivity index (χ3n) is 3.61. The Morgan fingerprint density at radius 2 is 1.91 bits per heavy atom. The second-order valence-electron chi connectivity index (χ2n) is 6.68. The van der Waals surface area contributed by atoms with Gasteiger partial charge in [0.15, 0.2) is 0 Å². The third kappa shape index (κ3) is 5.81. The average molecular weight is 331 g/mol. The van der Waals surface area contributed by atoms with Crippen molar-refractivity contribution in [2.24, 2.45) is 5.92 Å². The lowest BCUT2D eigenvalue weighted by Crippen LogP contribution is -2.44. The summed E-state index contributed by atoms with van der Waals surface area (Å²) in [4.78, 5) is 15.9. The van der Waals surface area contributed by atoms with Gasteiger partial charge in [0, 0.05) is 23.9 Å². The highest BCUT2D eigenvalue weighted by atomic mass is 32.1. The Kier molecular flexibility index (Phi) is 5.97. The lowest BCUT2D eigenvalue weighted by Gasteiger charge is -2.31. The molecule has 0 aliphatic heterocycles. The highest BCUT2D eigenvalue weighted by molar-refractivity contribution is 7.09. The van der Waals surface area contributed by atoms with E-state index in [-0.39, 0.29) is 11.8 Å². The van der Waals surface area contributed by atoms with Crippen molar-refractivity contribution < 1.29 is 9.90 Å². The number of amides is 1. The van der Waals surface area contributed by atoms with Gasteiger partial charge >= 0.3 is 0 Å². The fraction of sp³-hybridized carbons (Fsp3) is 0.421. The van der Waals surface area contributed by atoms with Gasteiger partial charge < -0.3 is 10.0 Å². The average Bonchev–Trinajstić information content (AvgIpc) is 2.98. The molecule has 1 amide bonds.